The summed E-state index contributed by atoms with van der Waals surface area (Å²) in [5, 5.41) is 12.2. The molecule has 1 aromatic carbocycles. The summed E-state index contributed by atoms with van der Waals surface area (Å²) >= 11 is 0. The number of unbranched alkanes of at least 4 members (excludes halogenated alkanes) is 1. The standard InChI is InChI=1S/C13H18N2O/c1-3-4-7-15-10-12-8-11(9-14)5-6-13(12)16-2/h5-6,8,15H,3-4,7,10H2,1-2H3. The Bertz CT molecular complexity index is 369. The van der Waals surface area contributed by atoms with E-state index in [0.717, 1.165) is 24.4 Å². The van der Waals surface area contributed by atoms with Crippen LogP contribution in [-0.4, -0.2) is 13.7 Å². The first-order valence-corrected chi connectivity index (χ1v) is 5.59. The Morgan fingerprint density at radius 1 is 1.44 bits per heavy atom. The highest BCUT2D eigenvalue weighted by Gasteiger charge is 2.03. The Morgan fingerprint density at radius 3 is 2.88 bits per heavy atom. The monoisotopic (exact) mass is 218 g/mol. The molecule has 0 aliphatic rings. The summed E-state index contributed by atoms with van der Waals surface area (Å²) in [4.78, 5) is 0. The van der Waals surface area contributed by atoms with Crippen LogP contribution >= 0.6 is 0 Å². The third-order valence-electron chi connectivity index (χ3n) is 2.43. The molecule has 3 heteroatoms. The van der Waals surface area contributed by atoms with Crippen LogP contribution in [-0.2, 0) is 6.54 Å². The average Bonchev–Trinajstić information content (AvgIpc) is 2.34. The molecular formula is C13H18N2O. The van der Waals surface area contributed by atoms with Crippen molar-refractivity contribution in [1.82, 2.24) is 5.32 Å². The molecule has 0 amide bonds. The topological polar surface area (TPSA) is 45.0 Å². The first-order valence-electron chi connectivity index (χ1n) is 5.59. The molecule has 0 heterocycles. The number of nitrogens with zero attached hydrogens (tertiary/aromatic N) is 1. The molecule has 0 unspecified atom stereocenters. The van der Waals surface area contributed by atoms with Crippen LogP contribution in [0.5, 0.6) is 5.75 Å². The summed E-state index contributed by atoms with van der Waals surface area (Å²) in [6, 6.07) is 7.62. The predicted molar refractivity (Wildman–Crippen MR) is 64.3 cm³/mol. The first kappa shape index (κ1) is 12.5. The lowest BCUT2D eigenvalue weighted by atomic mass is 10.1. The average molecular weight is 218 g/mol. The number of methoxy groups -OCH3 is 1. The van der Waals surface area contributed by atoms with E-state index in [9.17, 15) is 0 Å². The molecule has 0 aliphatic heterocycles. The van der Waals surface area contributed by atoms with Gasteiger partial charge in [-0.1, -0.05) is 13.3 Å². The summed E-state index contributed by atoms with van der Waals surface area (Å²) < 4.78 is 5.25. The van der Waals surface area contributed by atoms with Crippen LogP contribution in [0.1, 0.15) is 30.9 Å². The SMILES string of the molecule is CCCCNCc1cc(C#N)ccc1OC. The lowest BCUT2D eigenvalue weighted by molar-refractivity contribution is 0.407. The fraction of sp³-hybridized carbons (Fsp3) is 0.462. The van der Waals surface area contributed by atoms with Crippen molar-refractivity contribution in [3.8, 4) is 11.8 Å². The van der Waals surface area contributed by atoms with Crippen LogP contribution in [0.2, 0.25) is 0 Å². The molecule has 0 fully saturated rings. The molecule has 1 rings (SSSR count). The smallest absolute Gasteiger partial charge is 0.123 e. The molecule has 0 radical (unpaired) electrons. The van der Waals surface area contributed by atoms with Crippen molar-refractivity contribution >= 4 is 0 Å². The van der Waals surface area contributed by atoms with Crippen molar-refractivity contribution in [2.45, 2.75) is 26.3 Å². The van der Waals surface area contributed by atoms with Gasteiger partial charge in [-0.2, -0.15) is 5.26 Å². The fourth-order valence-electron chi connectivity index (χ4n) is 1.51. The molecule has 86 valence electrons. The lowest BCUT2D eigenvalue weighted by Gasteiger charge is -2.09. The Balaban J connectivity index is 2.65. The van der Waals surface area contributed by atoms with Gasteiger partial charge >= 0.3 is 0 Å². The van der Waals surface area contributed by atoms with E-state index in [1.165, 1.54) is 12.8 Å². The number of hydrogen-bond acceptors (Lipinski definition) is 3. The third-order valence-corrected chi connectivity index (χ3v) is 2.43. The number of ether oxygens (including phenoxy) is 1. The maximum absolute atomic E-state index is 8.82. The Labute approximate surface area is 97.0 Å². The normalized spacial score (nSPS) is 9.81. The second-order valence-electron chi connectivity index (χ2n) is 3.67. The van der Waals surface area contributed by atoms with Crippen LogP contribution in [0.3, 0.4) is 0 Å². The van der Waals surface area contributed by atoms with E-state index in [1.54, 1.807) is 13.2 Å². The van der Waals surface area contributed by atoms with Gasteiger partial charge in [-0.3, -0.25) is 0 Å². The van der Waals surface area contributed by atoms with E-state index >= 15 is 0 Å². The largest absolute Gasteiger partial charge is 0.496 e. The van der Waals surface area contributed by atoms with Crippen molar-refractivity contribution in [2.24, 2.45) is 0 Å². The number of benzene rings is 1. The third kappa shape index (κ3) is 3.56. The quantitative estimate of drug-likeness (QED) is 0.746. The molecule has 0 saturated heterocycles. The van der Waals surface area contributed by atoms with Crippen molar-refractivity contribution in [2.75, 3.05) is 13.7 Å². The summed E-state index contributed by atoms with van der Waals surface area (Å²) in [5.41, 5.74) is 1.71. The Kier molecular flexibility index (Phi) is 5.38. The summed E-state index contributed by atoms with van der Waals surface area (Å²) in [6.45, 7) is 3.91. The van der Waals surface area contributed by atoms with Crippen LogP contribution in [0, 0.1) is 11.3 Å². The maximum Gasteiger partial charge on any atom is 0.123 e. The molecule has 0 bridgehead atoms. The molecule has 0 aliphatic carbocycles. The second kappa shape index (κ2) is 6.86. The van der Waals surface area contributed by atoms with Crippen LogP contribution in [0.15, 0.2) is 18.2 Å². The van der Waals surface area contributed by atoms with E-state index in [1.807, 2.05) is 12.1 Å². The lowest BCUT2D eigenvalue weighted by Crippen LogP contribution is -2.15. The van der Waals surface area contributed by atoms with Crippen molar-refractivity contribution in [3.63, 3.8) is 0 Å². The highest BCUT2D eigenvalue weighted by Crippen LogP contribution is 2.19. The highest BCUT2D eigenvalue weighted by atomic mass is 16.5. The number of rotatable bonds is 6. The van der Waals surface area contributed by atoms with Gasteiger partial charge < -0.3 is 10.1 Å². The van der Waals surface area contributed by atoms with Crippen molar-refractivity contribution in [3.05, 3.63) is 29.3 Å². The minimum Gasteiger partial charge on any atom is -0.496 e. The van der Waals surface area contributed by atoms with Gasteiger partial charge in [-0.05, 0) is 31.2 Å². The molecule has 3 nitrogen and oxygen atoms in total. The van der Waals surface area contributed by atoms with Crippen LogP contribution < -0.4 is 10.1 Å². The number of nitriles is 1. The summed E-state index contributed by atoms with van der Waals surface area (Å²) in [7, 11) is 1.65. The minimum atomic E-state index is 0.674. The molecule has 0 saturated carbocycles. The van der Waals surface area contributed by atoms with E-state index < -0.39 is 0 Å². The maximum atomic E-state index is 8.82. The molecule has 1 aromatic rings. The summed E-state index contributed by atoms with van der Waals surface area (Å²) in [5.74, 6) is 0.836. The minimum absolute atomic E-state index is 0.674. The number of hydrogen-bond donors (Lipinski definition) is 1. The first-order chi connectivity index (χ1) is 7.81. The fourth-order valence-corrected chi connectivity index (χ4v) is 1.51. The highest BCUT2D eigenvalue weighted by molar-refractivity contribution is 5.41. The molecule has 0 aromatic heterocycles. The molecule has 16 heavy (non-hydrogen) atoms. The zero-order valence-corrected chi connectivity index (χ0v) is 9.92. The number of nitrogens with one attached hydrogen (secondary N) is 1. The zero-order valence-electron chi connectivity index (χ0n) is 9.92. The molecule has 0 spiro atoms. The molecular weight excluding hydrogens is 200 g/mol. The van der Waals surface area contributed by atoms with Gasteiger partial charge in [0, 0.05) is 12.1 Å². The van der Waals surface area contributed by atoms with Gasteiger partial charge in [0.25, 0.3) is 0 Å². The molecule has 1 N–H and O–H groups in total. The van der Waals surface area contributed by atoms with Crippen LogP contribution in [0.25, 0.3) is 0 Å². The Morgan fingerprint density at radius 2 is 2.25 bits per heavy atom. The van der Waals surface area contributed by atoms with E-state index in [4.69, 9.17) is 10.00 Å². The predicted octanol–water partition coefficient (Wildman–Crippen LogP) is 2.46. The van der Waals surface area contributed by atoms with Gasteiger partial charge in [0.1, 0.15) is 5.75 Å². The van der Waals surface area contributed by atoms with E-state index in [2.05, 4.69) is 18.3 Å². The van der Waals surface area contributed by atoms with Crippen molar-refractivity contribution in [1.29, 1.82) is 5.26 Å². The van der Waals surface area contributed by atoms with Gasteiger partial charge in [-0.15, -0.1) is 0 Å². The molecule has 0 atom stereocenters. The zero-order chi connectivity index (χ0) is 11.8. The van der Waals surface area contributed by atoms with Crippen molar-refractivity contribution < 1.29 is 4.74 Å². The van der Waals surface area contributed by atoms with Gasteiger partial charge in [0.05, 0.1) is 18.7 Å². The second-order valence-corrected chi connectivity index (χ2v) is 3.67. The van der Waals surface area contributed by atoms with Gasteiger partial charge in [0.15, 0.2) is 0 Å². The Hall–Kier alpha value is -1.53. The van der Waals surface area contributed by atoms with Gasteiger partial charge in [0.2, 0.25) is 0 Å². The summed E-state index contributed by atoms with van der Waals surface area (Å²) in [6.07, 6.45) is 2.35. The van der Waals surface area contributed by atoms with Gasteiger partial charge in [-0.25, -0.2) is 0 Å². The van der Waals surface area contributed by atoms with E-state index in [0.29, 0.717) is 5.56 Å². The van der Waals surface area contributed by atoms with Crippen LogP contribution in [0.4, 0.5) is 0 Å². The van der Waals surface area contributed by atoms with E-state index in [-0.39, 0.29) is 0 Å².